The highest BCUT2D eigenvalue weighted by Crippen LogP contribution is 2.22. The fraction of sp³-hybridized carbons (Fsp3) is 0.143. The number of hydrogen-bond donors (Lipinski definition) is 2. The minimum atomic E-state index is 0.241. The third-order valence-electron chi connectivity index (χ3n) is 2.56. The van der Waals surface area contributed by atoms with Crippen molar-refractivity contribution in [1.29, 1.82) is 0 Å². The highest BCUT2D eigenvalue weighted by atomic mass is 16.3. The molecule has 18 heavy (non-hydrogen) atoms. The lowest BCUT2D eigenvalue weighted by molar-refractivity contribution is 0.471. The minimum absolute atomic E-state index is 0.241. The predicted molar refractivity (Wildman–Crippen MR) is 69.2 cm³/mol. The van der Waals surface area contributed by atoms with E-state index in [1.165, 1.54) is 0 Å². The van der Waals surface area contributed by atoms with Gasteiger partial charge >= 0.3 is 0 Å². The Hall–Kier alpha value is -2.36. The van der Waals surface area contributed by atoms with Crippen molar-refractivity contribution in [2.45, 2.75) is 13.5 Å². The minimum Gasteiger partial charge on any atom is -0.508 e. The Labute approximate surface area is 105 Å². The van der Waals surface area contributed by atoms with Crippen LogP contribution in [0.2, 0.25) is 0 Å². The van der Waals surface area contributed by atoms with Crippen LogP contribution in [0.25, 0.3) is 0 Å². The second-order valence-electron chi connectivity index (χ2n) is 4.04. The van der Waals surface area contributed by atoms with Crippen molar-refractivity contribution in [3.63, 3.8) is 0 Å². The number of nitrogens with zero attached hydrogens (tertiary/aromatic N) is 2. The summed E-state index contributed by atoms with van der Waals surface area (Å²) in [6.07, 6.45) is 0. The van der Waals surface area contributed by atoms with Crippen molar-refractivity contribution < 1.29 is 10.2 Å². The number of azo groups is 1. The number of aromatic hydroxyl groups is 2. The van der Waals surface area contributed by atoms with Crippen LogP contribution in [0.15, 0.2) is 52.7 Å². The molecule has 92 valence electrons. The van der Waals surface area contributed by atoms with Crippen molar-refractivity contribution in [1.82, 2.24) is 0 Å². The monoisotopic (exact) mass is 242 g/mol. The Kier molecular flexibility index (Phi) is 3.57. The number of hydrogen-bond acceptors (Lipinski definition) is 4. The van der Waals surface area contributed by atoms with Gasteiger partial charge in [-0.05, 0) is 48.4 Å². The van der Waals surface area contributed by atoms with Crippen LogP contribution in [0.5, 0.6) is 11.5 Å². The highest BCUT2D eigenvalue weighted by molar-refractivity contribution is 5.45. The molecule has 0 atom stereocenters. The summed E-state index contributed by atoms with van der Waals surface area (Å²) in [6.45, 7) is 2.27. The van der Waals surface area contributed by atoms with Crippen LogP contribution in [-0.4, -0.2) is 10.2 Å². The Balaban J connectivity index is 2.02. The van der Waals surface area contributed by atoms with E-state index in [2.05, 4.69) is 10.2 Å². The maximum Gasteiger partial charge on any atom is 0.118 e. The molecule has 2 aromatic rings. The average Bonchev–Trinajstić information content (AvgIpc) is 2.36. The van der Waals surface area contributed by atoms with Crippen LogP contribution >= 0.6 is 0 Å². The molecule has 0 aromatic heterocycles. The largest absolute Gasteiger partial charge is 0.508 e. The molecule has 0 bridgehead atoms. The molecule has 0 aliphatic carbocycles. The predicted octanol–water partition coefficient (Wildman–Crippen LogP) is 3.69. The molecular formula is C14H14N2O2. The summed E-state index contributed by atoms with van der Waals surface area (Å²) >= 11 is 0. The van der Waals surface area contributed by atoms with Crippen molar-refractivity contribution in [3.8, 4) is 11.5 Å². The van der Waals surface area contributed by atoms with Gasteiger partial charge in [0.05, 0.1) is 12.2 Å². The summed E-state index contributed by atoms with van der Waals surface area (Å²) in [7, 11) is 0. The number of rotatable bonds is 3. The molecule has 0 saturated carbocycles. The van der Waals surface area contributed by atoms with E-state index in [-0.39, 0.29) is 11.5 Å². The van der Waals surface area contributed by atoms with Gasteiger partial charge in [0.2, 0.25) is 0 Å². The molecule has 0 spiro atoms. The smallest absolute Gasteiger partial charge is 0.118 e. The SMILES string of the molecule is Cc1cc(N=NCc2ccc(O)cc2)ccc1O. The fourth-order valence-electron chi connectivity index (χ4n) is 1.50. The molecule has 4 heteroatoms. The Morgan fingerprint density at radius 3 is 2.39 bits per heavy atom. The Morgan fingerprint density at radius 2 is 1.72 bits per heavy atom. The van der Waals surface area contributed by atoms with Crippen molar-refractivity contribution in [2.24, 2.45) is 10.2 Å². The zero-order valence-electron chi connectivity index (χ0n) is 10.0. The van der Waals surface area contributed by atoms with Crippen molar-refractivity contribution >= 4 is 5.69 Å². The molecular weight excluding hydrogens is 228 g/mol. The van der Waals surface area contributed by atoms with Gasteiger partial charge in [-0.3, -0.25) is 0 Å². The number of phenolic OH excluding ortho intramolecular Hbond substituents is 2. The van der Waals surface area contributed by atoms with Crippen LogP contribution in [0.3, 0.4) is 0 Å². The van der Waals surface area contributed by atoms with Crippen molar-refractivity contribution in [2.75, 3.05) is 0 Å². The first-order chi connectivity index (χ1) is 8.65. The van der Waals surface area contributed by atoms with Crippen LogP contribution in [0, 0.1) is 6.92 Å². The van der Waals surface area contributed by atoms with E-state index in [1.54, 1.807) is 42.5 Å². The first-order valence-corrected chi connectivity index (χ1v) is 5.60. The molecule has 0 unspecified atom stereocenters. The third kappa shape index (κ3) is 3.07. The second kappa shape index (κ2) is 5.31. The van der Waals surface area contributed by atoms with E-state index in [0.29, 0.717) is 12.2 Å². The Bertz CT molecular complexity index is 563. The molecule has 2 N–H and O–H groups in total. The summed E-state index contributed by atoms with van der Waals surface area (Å²) in [4.78, 5) is 0. The van der Waals surface area contributed by atoms with Crippen LogP contribution in [0.1, 0.15) is 11.1 Å². The van der Waals surface area contributed by atoms with Gasteiger partial charge in [-0.1, -0.05) is 12.1 Å². The van der Waals surface area contributed by atoms with Gasteiger partial charge in [0, 0.05) is 0 Å². The van der Waals surface area contributed by atoms with E-state index < -0.39 is 0 Å². The van der Waals surface area contributed by atoms with Gasteiger partial charge in [0.1, 0.15) is 11.5 Å². The maximum absolute atomic E-state index is 9.38. The molecule has 0 saturated heterocycles. The molecule has 2 aromatic carbocycles. The van der Waals surface area contributed by atoms with Gasteiger partial charge in [-0.25, -0.2) is 0 Å². The lowest BCUT2D eigenvalue weighted by atomic mass is 10.2. The lowest BCUT2D eigenvalue weighted by Crippen LogP contribution is -1.79. The molecule has 4 nitrogen and oxygen atoms in total. The zero-order valence-corrected chi connectivity index (χ0v) is 10.0. The van der Waals surface area contributed by atoms with E-state index in [0.717, 1.165) is 11.1 Å². The standard InChI is InChI=1S/C14H14N2O2/c1-10-8-12(4-7-14(10)18)16-15-9-11-2-5-13(17)6-3-11/h2-8,17-18H,9H2,1H3. The molecule has 2 rings (SSSR count). The Morgan fingerprint density at radius 1 is 1.00 bits per heavy atom. The van der Waals surface area contributed by atoms with Crippen LogP contribution in [-0.2, 0) is 6.54 Å². The van der Waals surface area contributed by atoms with Gasteiger partial charge in [0.15, 0.2) is 0 Å². The summed E-state index contributed by atoms with van der Waals surface area (Å²) in [6, 6.07) is 11.9. The van der Waals surface area contributed by atoms with Gasteiger partial charge < -0.3 is 10.2 Å². The van der Waals surface area contributed by atoms with E-state index in [4.69, 9.17) is 5.11 Å². The topological polar surface area (TPSA) is 65.2 Å². The summed E-state index contributed by atoms with van der Waals surface area (Å²) in [5.74, 6) is 0.498. The second-order valence-corrected chi connectivity index (χ2v) is 4.04. The average molecular weight is 242 g/mol. The summed E-state index contributed by atoms with van der Waals surface area (Å²) in [5.41, 5.74) is 2.47. The van der Waals surface area contributed by atoms with Crippen LogP contribution < -0.4 is 0 Å². The summed E-state index contributed by atoms with van der Waals surface area (Å²) < 4.78 is 0. The normalized spacial score (nSPS) is 10.9. The molecule has 0 fully saturated rings. The fourth-order valence-corrected chi connectivity index (χ4v) is 1.50. The lowest BCUT2D eigenvalue weighted by Gasteiger charge is -1.99. The van der Waals surface area contributed by atoms with Gasteiger partial charge in [-0.15, -0.1) is 0 Å². The first-order valence-electron chi connectivity index (χ1n) is 5.60. The molecule has 0 aliphatic heterocycles. The third-order valence-corrected chi connectivity index (χ3v) is 2.56. The maximum atomic E-state index is 9.38. The summed E-state index contributed by atoms with van der Waals surface area (Å²) in [5, 5.41) is 26.7. The molecule has 0 aliphatic rings. The molecule has 0 radical (unpaired) electrons. The first kappa shape index (κ1) is 12.1. The number of phenols is 2. The number of benzene rings is 2. The van der Waals surface area contributed by atoms with Gasteiger partial charge in [-0.2, -0.15) is 10.2 Å². The van der Waals surface area contributed by atoms with Crippen LogP contribution in [0.4, 0.5) is 5.69 Å². The van der Waals surface area contributed by atoms with Crippen molar-refractivity contribution in [3.05, 3.63) is 53.6 Å². The highest BCUT2D eigenvalue weighted by Gasteiger charge is 1.96. The molecule has 0 heterocycles. The zero-order chi connectivity index (χ0) is 13.0. The number of aryl methyl sites for hydroxylation is 1. The molecule has 0 amide bonds. The quantitative estimate of drug-likeness (QED) is 0.806. The van der Waals surface area contributed by atoms with Gasteiger partial charge in [0.25, 0.3) is 0 Å². The van der Waals surface area contributed by atoms with E-state index in [9.17, 15) is 5.11 Å². The van der Waals surface area contributed by atoms with E-state index in [1.807, 2.05) is 6.92 Å². The van der Waals surface area contributed by atoms with E-state index >= 15 is 0 Å².